The number of benzene rings is 1. The minimum atomic E-state index is -0.351. The van der Waals surface area contributed by atoms with Crippen molar-refractivity contribution in [2.24, 2.45) is 5.92 Å². The van der Waals surface area contributed by atoms with E-state index in [4.69, 9.17) is 4.42 Å². The van der Waals surface area contributed by atoms with Crippen molar-refractivity contribution in [2.75, 3.05) is 13.1 Å². The third-order valence-electron chi connectivity index (χ3n) is 4.01. The molecular weight excluding hydrogens is 285 g/mol. The minimum Gasteiger partial charge on any atom is -0.459 e. The summed E-state index contributed by atoms with van der Waals surface area (Å²) in [4.78, 5) is 26.2. The van der Waals surface area contributed by atoms with Gasteiger partial charge in [0.15, 0.2) is 11.5 Å². The minimum absolute atomic E-state index is 0.0186. The Kier molecular flexibility index (Phi) is 4.04. The molecule has 0 bridgehead atoms. The largest absolute Gasteiger partial charge is 0.459 e. The van der Waals surface area contributed by atoms with Gasteiger partial charge >= 0.3 is 0 Å². The first-order chi connectivity index (χ1) is 10.6. The van der Waals surface area contributed by atoms with Crippen molar-refractivity contribution >= 4 is 11.7 Å². The fourth-order valence-electron chi connectivity index (χ4n) is 2.75. The molecule has 0 atom stereocenters. The third-order valence-corrected chi connectivity index (χ3v) is 4.01. The first-order valence-corrected chi connectivity index (χ1v) is 7.27. The summed E-state index contributed by atoms with van der Waals surface area (Å²) in [5.74, 6) is -0.271. The van der Waals surface area contributed by atoms with Crippen LogP contribution in [0.25, 0.3) is 0 Å². The molecule has 0 radical (unpaired) electrons. The predicted molar refractivity (Wildman–Crippen MR) is 78.1 cm³/mol. The molecule has 1 aromatic heterocycles. The van der Waals surface area contributed by atoms with E-state index in [1.165, 1.54) is 30.5 Å². The van der Waals surface area contributed by atoms with Crippen molar-refractivity contribution < 1.29 is 18.4 Å². The molecule has 1 aliphatic heterocycles. The average Bonchev–Trinajstić information content (AvgIpc) is 3.09. The number of likely N-dealkylation sites (tertiary alicyclic amines) is 1. The van der Waals surface area contributed by atoms with Crippen LogP contribution in [-0.4, -0.2) is 29.7 Å². The maximum absolute atomic E-state index is 12.9. The normalized spacial score (nSPS) is 15.8. The van der Waals surface area contributed by atoms with E-state index in [9.17, 15) is 14.0 Å². The van der Waals surface area contributed by atoms with Crippen LogP contribution in [-0.2, 0) is 0 Å². The van der Waals surface area contributed by atoms with Gasteiger partial charge in [-0.1, -0.05) is 0 Å². The Balaban J connectivity index is 1.60. The number of Topliss-reactive ketones (excluding diaryl/α,β-unsaturated/α-hetero) is 1. The highest BCUT2D eigenvalue weighted by Crippen LogP contribution is 2.23. The van der Waals surface area contributed by atoms with Crippen LogP contribution in [0.15, 0.2) is 47.1 Å². The summed E-state index contributed by atoms with van der Waals surface area (Å²) in [6.07, 6.45) is 2.70. The summed E-state index contributed by atoms with van der Waals surface area (Å²) < 4.78 is 18.0. The molecule has 4 nitrogen and oxygen atoms in total. The van der Waals surface area contributed by atoms with E-state index in [0.29, 0.717) is 37.3 Å². The lowest BCUT2D eigenvalue weighted by Crippen LogP contribution is -2.40. The molecule has 2 heterocycles. The number of hydrogen-bond donors (Lipinski definition) is 0. The molecule has 1 fully saturated rings. The Bertz CT molecular complexity index is 656. The lowest BCUT2D eigenvalue weighted by atomic mass is 9.89. The van der Waals surface area contributed by atoms with E-state index >= 15 is 0 Å². The van der Waals surface area contributed by atoms with Gasteiger partial charge in [0.2, 0.25) is 0 Å². The van der Waals surface area contributed by atoms with Crippen molar-refractivity contribution in [3.8, 4) is 0 Å². The van der Waals surface area contributed by atoms with E-state index in [1.807, 2.05) is 0 Å². The Morgan fingerprint density at radius 1 is 1.09 bits per heavy atom. The maximum atomic E-state index is 12.9. The van der Waals surface area contributed by atoms with Gasteiger partial charge in [0.05, 0.1) is 6.26 Å². The molecule has 2 aromatic rings. The quantitative estimate of drug-likeness (QED) is 0.818. The molecule has 3 rings (SSSR count). The molecule has 1 amide bonds. The van der Waals surface area contributed by atoms with Gasteiger partial charge in [0, 0.05) is 24.6 Å². The van der Waals surface area contributed by atoms with Crippen molar-refractivity contribution in [3.63, 3.8) is 0 Å². The summed E-state index contributed by atoms with van der Waals surface area (Å²) in [6.45, 7) is 1.05. The first-order valence-electron chi connectivity index (χ1n) is 7.27. The topological polar surface area (TPSA) is 50.5 Å². The van der Waals surface area contributed by atoms with Crippen LogP contribution in [0.4, 0.5) is 4.39 Å². The van der Waals surface area contributed by atoms with Gasteiger partial charge in [-0.05, 0) is 49.2 Å². The molecule has 0 N–H and O–H groups in total. The lowest BCUT2D eigenvalue weighted by Gasteiger charge is -2.30. The molecule has 0 aliphatic carbocycles. The van der Waals surface area contributed by atoms with Gasteiger partial charge in [-0.25, -0.2) is 4.39 Å². The standard InChI is InChI=1S/C17H16FNO3/c18-14-5-3-12(4-6-14)16(20)13-7-9-19(10-8-13)17(21)15-2-1-11-22-15/h1-6,11,13H,7-10H2. The van der Waals surface area contributed by atoms with Crippen molar-refractivity contribution in [2.45, 2.75) is 12.8 Å². The number of carbonyl (C=O) groups excluding carboxylic acids is 2. The Hall–Kier alpha value is -2.43. The Morgan fingerprint density at radius 2 is 1.77 bits per heavy atom. The second-order valence-electron chi connectivity index (χ2n) is 5.41. The van der Waals surface area contributed by atoms with Crippen molar-refractivity contribution in [3.05, 3.63) is 59.8 Å². The second kappa shape index (κ2) is 6.13. The molecule has 0 spiro atoms. The first kappa shape index (κ1) is 14.5. The van der Waals surface area contributed by atoms with E-state index < -0.39 is 0 Å². The van der Waals surface area contributed by atoms with Crippen LogP contribution in [0.1, 0.15) is 33.8 Å². The smallest absolute Gasteiger partial charge is 0.289 e. The molecule has 5 heteroatoms. The van der Waals surface area contributed by atoms with Gasteiger partial charge in [-0.2, -0.15) is 0 Å². The fourth-order valence-corrected chi connectivity index (χ4v) is 2.75. The third kappa shape index (κ3) is 2.93. The van der Waals surface area contributed by atoms with E-state index in [0.717, 1.165) is 0 Å². The summed E-state index contributed by atoms with van der Waals surface area (Å²) in [5, 5.41) is 0. The van der Waals surface area contributed by atoms with Crippen molar-refractivity contribution in [1.82, 2.24) is 4.90 Å². The predicted octanol–water partition coefficient (Wildman–Crippen LogP) is 3.15. The zero-order valence-corrected chi connectivity index (χ0v) is 12.0. The molecule has 22 heavy (non-hydrogen) atoms. The number of furan rings is 1. The number of halogens is 1. The monoisotopic (exact) mass is 301 g/mol. The Morgan fingerprint density at radius 3 is 2.36 bits per heavy atom. The zero-order chi connectivity index (χ0) is 15.5. The van der Waals surface area contributed by atoms with Gasteiger partial charge < -0.3 is 9.32 Å². The molecule has 1 saturated heterocycles. The summed E-state index contributed by atoms with van der Waals surface area (Å²) >= 11 is 0. The van der Waals surface area contributed by atoms with Gasteiger partial charge in [0.1, 0.15) is 5.82 Å². The van der Waals surface area contributed by atoms with Crippen LogP contribution in [0.3, 0.4) is 0 Å². The fraction of sp³-hybridized carbons (Fsp3) is 0.294. The number of carbonyl (C=O) groups is 2. The van der Waals surface area contributed by atoms with Gasteiger partial charge in [-0.15, -0.1) is 0 Å². The summed E-state index contributed by atoms with van der Waals surface area (Å²) in [5.41, 5.74) is 0.525. The number of rotatable bonds is 3. The molecule has 0 saturated carbocycles. The maximum Gasteiger partial charge on any atom is 0.289 e. The van der Waals surface area contributed by atoms with Crippen molar-refractivity contribution in [1.29, 1.82) is 0 Å². The second-order valence-corrected chi connectivity index (χ2v) is 5.41. The highest BCUT2D eigenvalue weighted by molar-refractivity contribution is 5.98. The SMILES string of the molecule is O=C(c1ccc(F)cc1)C1CCN(C(=O)c2ccco2)CC1. The number of piperidine rings is 1. The van der Waals surface area contributed by atoms with Crippen LogP contribution in [0.5, 0.6) is 0 Å². The van der Waals surface area contributed by atoms with Crippen LogP contribution in [0, 0.1) is 11.7 Å². The number of hydrogen-bond acceptors (Lipinski definition) is 3. The van der Waals surface area contributed by atoms with Crippen LogP contribution < -0.4 is 0 Å². The lowest BCUT2D eigenvalue weighted by molar-refractivity contribution is 0.0624. The van der Waals surface area contributed by atoms with E-state index in [-0.39, 0.29) is 23.4 Å². The highest BCUT2D eigenvalue weighted by Gasteiger charge is 2.29. The van der Waals surface area contributed by atoms with Gasteiger partial charge in [0.25, 0.3) is 5.91 Å². The summed E-state index contributed by atoms with van der Waals surface area (Å²) in [7, 11) is 0. The highest BCUT2D eigenvalue weighted by atomic mass is 19.1. The average molecular weight is 301 g/mol. The number of amides is 1. The molecule has 1 aromatic carbocycles. The molecule has 114 valence electrons. The molecule has 0 unspecified atom stereocenters. The molecular formula is C17H16FNO3. The number of ketones is 1. The molecule has 1 aliphatic rings. The van der Waals surface area contributed by atoms with Crippen LogP contribution in [0.2, 0.25) is 0 Å². The zero-order valence-electron chi connectivity index (χ0n) is 12.0. The summed E-state index contributed by atoms with van der Waals surface area (Å²) in [6, 6.07) is 8.93. The van der Waals surface area contributed by atoms with E-state index in [1.54, 1.807) is 17.0 Å². The van der Waals surface area contributed by atoms with Crippen LogP contribution >= 0.6 is 0 Å². The van der Waals surface area contributed by atoms with Gasteiger partial charge in [-0.3, -0.25) is 9.59 Å². The number of nitrogens with zero attached hydrogens (tertiary/aromatic N) is 1. The Labute approximate surface area is 127 Å². The van der Waals surface area contributed by atoms with E-state index in [2.05, 4.69) is 0 Å².